The Morgan fingerprint density at radius 3 is 2.00 bits per heavy atom. The molecule has 0 radical (unpaired) electrons. The molecule has 0 rings (SSSR count). The van der Waals surface area contributed by atoms with Crippen LogP contribution in [0.2, 0.25) is 0 Å². The Hall–Kier alpha value is -1.10. The number of aliphatic carboxylic acids is 1. The Kier molecular flexibility index (Phi) is 5.13. The average molecular weight is 245 g/mol. The molecular weight excluding hydrogens is 222 g/mol. The van der Waals surface area contributed by atoms with Crippen molar-refractivity contribution < 1.29 is 19.4 Å². The van der Waals surface area contributed by atoms with E-state index in [1.54, 1.807) is 13.8 Å². The monoisotopic (exact) mass is 245 g/mol. The van der Waals surface area contributed by atoms with Gasteiger partial charge in [-0.2, -0.15) is 0 Å². The van der Waals surface area contributed by atoms with E-state index in [0.29, 0.717) is 0 Å². The van der Waals surface area contributed by atoms with Gasteiger partial charge < -0.3 is 15.2 Å². The van der Waals surface area contributed by atoms with Crippen LogP contribution in [0, 0.1) is 5.41 Å². The molecule has 0 bridgehead atoms. The predicted octanol–water partition coefficient (Wildman–Crippen LogP) is 1.42. The number of carboxylic acid groups (broad SMARTS) is 1. The molecule has 0 saturated carbocycles. The van der Waals surface area contributed by atoms with Gasteiger partial charge in [-0.25, -0.2) is 0 Å². The fourth-order valence-corrected chi connectivity index (χ4v) is 1.17. The van der Waals surface area contributed by atoms with Crippen molar-refractivity contribution in [3.63, 3.8) is 0 Å². The van der Waals surface area contributed by atoms with E-state index < -0.39 is 17.6 Å². The summed E-state index contributed by atoms with van der Waals surface area (Å²) >= 11 is 0. The maximum absolute atomic E-state index is 11.9. The molecule has 0 spiro atoms. The highest BCUT2D eigenvalue weighted by molar-refractivity contribution is 5.85. The molecule has 0 aliphatic rings. The maximum Gasteiger partial charge on any atom is 0.305 e. The number of carbonyl (C=O) groups excluding carboxylic acids is 1. The normalized spacial score (nSPS) is 14.2. The van der Waals surface area contributed by atoms with E-state index in [4.69, 9.17) is 9.84 Å². The van der Waals surface area contributed by atoms with Gasteiger partial charge in [0.2, 0.25) is 0 Å². The highest BCUT2D eigenvalue weighted by atomic mass is 16.5. The van der Waals surface area contributed by atoms with E-state index in [9.17, 15) is 9.59 Å². The van der Waals surface area contributed by atoms with Gasteiger partial charge in [0, 0.05) is 13.2 Å². The minimum atomic E-state index is -0.956. The first kappa shape index (κ1) is 15.9. The molecule has 0 aliphatic heterocycles. The van der Waals surface area contributed by atoms with Crippen LogP contribution < -0.4 is 5.32 Å². The number of amides is 1. The van der Waals surface area contributed by atoms with Crippen LogP contribution in [0.25, 0.3) is 0 Å². The summed E-state index contributed by atoms with van der Waals surface area (Å²) in [5.74, 6) is -1.23. The third-order valence-electron chi connectivity index (χ3n) is 2.79. The number of carbonyl (C=O) groups is 2. The van der Waals surface area contributed by atoms with E-state index in [0.717, 1.165) is 0 Å². The van der Waals surface area contributed by atoms with Crippen molar-refractivity contribution in [3.05, 3.63) is 0 Å². The number of hydrogen-bond donors (Lipinski definition) is 2. The van der Waals surface area contributed by atoms with Crippen molar-refractivity contribution >= 4 is 11.9 Å². The van der Waals surface area contributed by atoms with E-state index in [1.807, 2.05) is 20.8 Å². The molecule has 1 atom stereocenters. The van der Waals surface area contributed by atoms with E-state index >= 15 is 0 Å². The maximum atomic E-state index is 11.9. The molecule has 0 saturated heterocycles. The number of methoxy groups -OCH3 is 1. The molecule has 5 heteroatoms. The van der Waals surface area contributed by atoms with Gasteiger partial charge in [0.15, 0.2) is 0 Å². The molecule has 0 heterocycles. The van der Waals surface area contributed by atoms with Crippen molar-refractivity contribution in [2.24, 2.45) is 5.41 Å². The molecule has 0 fully saturated rings. The van der Waals surface area contributed by atoms with Crippen LogP contribution in [0.4, 0.5) is 0 Å². The first-order chi connectivity index (χ1) is 7.50. The molecular formula is C12H23NO4. The molecule has 0 aromatic rings. The number of rotatable bonds is 5. The van der Waals surface area contributed by atoms with Crippen LogP contribution >= 0.6 is 0 Å². The second kappa shape index (κ2) is 5.49. The van der Waals surface area contributed by atoms with Crippen LogP contribution in [-0.4, -0.2) is 35.7 Å². The van der Waals surface area contributed by atoms with Crippen molar-refractivity contribution in [2.45, 2.75) is 52.7 Å². The third-order valence-corrected chi connectivity index (χ3v) is 2.79. The summed E-state index contributed by atoms with van der Waals surface area (Å²) < 4.78 is 5.06. The topological polar surface area (TPSA) is 75.6 Å². The van der Waals surface area contributed by atoms with E-state index in [1.165, 1.54) is 7.11 Å². The fourth-order valence-electron chi connectivity index (χ4n) is 1.17. The minimum Gasteiger partial charge on any atom is -0.481 e. The van der Waals surface area contributed by atoms with E-state index in [2.05, 4.69) is 5.32 Å². The molecule has 1 amide bonds. The standard InChI is InChI=1S/C12H23NO4/c1-11(2,3)8(7-9(14)15)13-10(16)12(4,5)17-6/h8H,7H2,1-6H3,(H,13,16)(H,14,15). The second-order valence-electron chi connectivity index (χ2n) is 5.70. The lowest BCUT2D eigenvalue weighted by molar-refractivity contribution is -0.143. The lowest BCUT2D eigenvalue weighted by atomic mass is 9.84. The number of hydrogen-bond acceptors (Lipinski definition) is 3. The van der Waals surface area contributed by atoms with Crippen molar-refractivity contribution in [1.29, 1.82) is 0 Å². The highest BCUT2D eigenvalue weighted by Crippen LogP contribution is 2.23. The SMILES string of the molecule is COC(C)(C)C(=O)NC(CC(=O)O)C(C)(C)C. The highest BCUT2D eigenvalue weighted by Gasteiger charge is 2.34. The van der Waals surface area contributed by atoms with Gasteiger partial charge in [0.05, 0.1) is 6.42 Å². The molecule has 5 nitrogen and oxygen atoms in total. The Balaban J connectivity index is 4.77. The molecule has 0 aliphatic carbocycles. The van der Waals surface area contributed by atoms with Crippen LogP contribution in [0.15, 0.2) is 0 Å². The van der Waals surface area contributed by atoms with Crippen LogP contribution in [-0.2, 0) is 14.3 Å². The Labute approximate surface area is 103 Å². The second-order valence-corrected chi connectivity index (χ2v) is 5.70. The van der Waals surface area contributed by atoms with Gasteiger partial charge in [0.1, 0.15) is 5.60 Å². The summed E-state index contributed by atoms with van der Waals surface area (Å²) in [7, 11) is 1.45. The number of nitrogens with one attached hydrogen (secondary N) is 1. The molecule has 0 aromatic heterocycles. The van der Waals surface area contributed by atoms with Crippen molar-refractivity contribution in [1.82, 2.24) is 5.32 Å². The van der Waals surface area contributed by atoms with Gasteiger partial charge >= 0.3 is 5.97 Å². The zero-order valence-corrected chi connectivity index (χ0v) is 11.5. The van der Waals surface area contributed by atoms with Crippen molar-refractivity contribution in [3.8, 4) is 0 Å². The summed E-state index contributed by atoms with van der Waals surface area (Å²) in [6, 6.07) is -0.429. The zero-order valence-electron chi connectivity index (χ0n) is 11.5. The van der Waals surface area contributed by atoms with Crippen LogP contribution in [0.1, 0.15) is 41.0 Å². The predicted molar refractivity (Wildman–Crippen MR) is 64.7 cm³/mol. The summed E-state index contributed by atoms with van der Waals surface area (Å²) in [5, 5.41) is 11.6. The largest absolute Gasteiger partial charge is 0.481 e. The Morgan fingerprint density at radius 1 is 1.24 bits per heavy atom. The summed E-state index contributed by atoms with van der Waals surface area (Å²) in [5.41, 5.74) is -1.28. The van der Waals surface area contributed by atoms with Gasteiger partial charge in [-0.05, 0) is 19.3 Å². The quantitative estimate of drug-likeness (QED) is 0.768. The molecule has 1 unspecified atom stereocenters. The number of ether oxygens (including phenoxy) is 1. The molecule has 0 aromatic carbocycles. The number of carboxylic acids is 1. The lowest BCUT2D eigenvalue weighted by Crippen LogP contribution is -2.52. The summed E-state index contributed by atoms with van der Waals surface area (Å²) in [6.07, 6.45) is -0.102. The van der Waals surface area contributed by atoms with Crippen molar-refractivity contribution in [2.75, 3.05) is 7.11 Å². The van der Waals surface area contributed by atoms with E-state index in [-0.39, 0.29) is 17.7 Å². The minimum absolute atomic E-state index is 0.102. The molecule has 17 heavy (non-hydrogen) atoms. The molecule has 100 valence electrons. The Morgan fingerprint density at radius 2 is 1.71 bits per heavy atom. The first-order valence-corrected chi connectivity index (χ1v) is 5.58. The lowest BCUT2D eigenvalue weighted by Gasteiger charge is -2.33. The fraction of sp³-hybridized carbons (Fsp3) is 0.833. The average Bonchev–Trinajstić information content (AvgIpc) is 2.14. The zero-order chi connectivity index (χ0) is 13.9. The van der Waals surface area contributed by atoms with Gasteiger partial charge in [-0.15, -0.1) is 0 Å². The molecule has 2 N–H and O–H groups in total. The van der Waals surface area contributed by atoms with Crippen LogP contribution in [0.5, 0.6) is 0 Å². The summed E-state index contributed by atoms with van der Waals surface area (Å²) in [4.78, 5) is 22.7. The van der Waals surface area contributed by atoms with Gasteiger partial charge in [-0.1, -0.05) is 20.8 Å². The summed E-state index contributed by atoms with van der Waals surface area (Å²) in [6.45, 7) is 8.95. The Bertz CT molecular complexity index is 291. The van der Waals surface area contributed by atoms with Gasteiger partial charge in [0.25, 0.3) is 5.91 Å². The van der Waals surface area contributed by atoms with Crippen LogP contribution in [0.3, 0.4) is 0 Å². The first-order valence-electron chi connectivity index (χ1n) is 5.58. The smallest absolute Gasteiger partial charge is 0.305 e. The van der Waals surface area contributed by atoms with Gasteiger partial charge in [-0.3, -0.25) is 9.59 Å². The third kappa shape index (κ3) is 5.17.